The first-order chi connectivity index (χ1) is 13.6. The van der Waals surface area contributed by atoms with Crippen molar-refractivity contribution in [3.8, 4) is 16.9 Å². The van der Waals surface area contributed by atoms with Crippen molar-refractivity contribution in [1.82, 2.24) is 15.1 Å². The Kier molecular flexibility index (Phi) is 4.93. The van der Waals surface area contributed by atoms with Crippen molar-refractivity contribution in [2.45, 2.75) is 31.9 Å². The summed E-state index contributed by atoms with van der Waals surface area (Å²) in [4.78, 5) is 25.0. The van der Waals surface area contributed by atoms with Crippen LogP contribution in [-0.4, -0.2) is 33.8 Å². The molecule has 6 nitrogen and oxygen atoms in total. The number of amides is 1. The highest BCUT2D eigenvalue weighted by Crippen LogP contribution is 2.23. The molecule has 1 amide bonds. The van der Waals surface area contributed by atoms with Gasteiger partial charge in [-0.05, 0) is 38.0 Å². The Balaban J connectivity index is 1.63. The second-order valence-corrected chi connectivity index (χ2v) is 6.86. The number of para-hydroxylation sites is 1. The van der Waals surface area contributed by atoms with Gasteiger partial charge in [-0.25, -0.2) is 9.48 Å². The first-order valence-corrected chi connectivity index (χ1v) is 9.34. The Bertz CT molecular complexity index is 979. The molecule has 1 aromatic heterocycles. The predicted molar refractivity (Wildman–Crippen MR) is 105 cm³/mol. The molecule has 1 aliphatic rings. The molecule has 1 fully saturated rings. The van der Waals surface area contributed by atoms with E-state index in [1.165, 1.54) is 0 Å². The monoisotopic (exact) mass is 375 g/mol. The molecule has 0 aliphatic heterocycles. The van der Waals surface area contributed by atoms with E-state index in [2.05, 4.69) is 10.4 Å². The van der Waals surface area contributed by atoms with Gasteiger partial charge in [0.15, 0.2) is 11.8 Å². The van der Waals surface area contributed by atoms with Gasteiger partial charge in [0.05, 0.1) is 11.4 Å². The molecule has 28 heavy (non-hydrogen) atoms. The fraction of sp³-hybridized carbons (Fsp3) is 0.227. The highest BCUT2D eigenvalue weighted by molar-refractivity contribution is 5.92. The lowest BCUT2D eigenvalue weighted by Gasteiger charge is -2.13. The van der Waals surface area contributed by atoms with E-state index in [9.17, 15) is 9.59 Å². The zero-order valence-electron chi connectivity index (χ0n) is 15.5. The predicted octanol–water partition coefficient (Wildman–Crippen LogP) is 3.36. The van der Waals surface area contributed by atoms with Crippen LogP contribution in [0, 0.1) is 0 Å². The number of ether oxygens (including phenoxy) is 1. The summed E-state index contributed by atoms with van der Waals surface area (Å²) in [6, 6.07) is 20.9. The van der Waals surface area contributed by atoms with Gasteiger partial charge in [-0.1, -0.05) is 48.5 Å². The molecule has 1 heterocycles. The SMILES string of the molecule is C[C@@H](OC(=O)c1cc(-c2ccccc2)nn1-c1ccccc1)C(=O)NC1CC1. The van der Waals surface area contributed by atoms with E-state index in [0.29, 0.717) is 5.69 Å². The Morgan fingerprint density at radius 2 is 1.71 bits per heavy atom. The van der Waals surface area contributed by atoms with Gasteiger partial charge in [0.25, 0.3) is 5.91 Å². The number of rotatable bonds is 6. The fourth-order valence-electron chi connectivity index (χ4n) is 2.86. The minimum Gasteiger partial charge on any atom is -0.448 e. The van der Waals surface area contributed by atoms with Crippen LogP contribution in [0.4, 0.5) is 0 Å². The van der Waals surface area contributed by atoms with Crippen LogP contribution < -0.4 is 5.32 Å². The molecule has 3 aromatic rings. The maximum Gasteiger partial charge on any atom is 0.357 e. The van der Waals surface area contributed by atoms with Crippen LogP contribution in [0.1, 0.15) is 30.3 Å². The van der Waals surface area contributed by atoms with E-state index >= 15 is 0 Å². The third-order valence-electron chi connectivity index (χ3n) is 4.57. The summed E-state index contributed by atoms with van der Waals surface area (Å²) in [5.41, 5.74) is 2.57. The van der Waals surface area contributed by atoms with Crippen molar-refractivity contribution in [1.29, 1.82) is 0 Å². The molecule has 0 saturated heterocycles. The van der Waals surface area contributed by atoms with Gasteiger partial charge < -0.3 is 10.1 Å². The molecule has 1 saturated carbocycles. The Morgan fingerprint density at radius 1 is 1.07 bits per heavy atom. The lowest BCUT2D eigenvalue weighted by molar-refractivity contribution is -0.129. The topological polar surface area (TPSA) is 73.2 Å². The van der Waals surface area contributed by atoms with Crippen LogP contribution in [0.5, 0.6) is 0 Å². The van der Waals surface area contributed by atoms with Gasteiger partial charge >= 0.3 is 5.97 Å². The number of nitrogens with zero attached hydrogens (tertiary/aromatic N) is 2. The van der Waals surface area contributed by atoms with E-state index in [-0.39, 0.29) is 17.6 Å². The average Bonchev–Trinajstić information content (AvgIpc) is 3.42. The summed E-state index contributed by atoms with van der Waals surface area (Å²) in [5, 5.41) is 7.45. The largest absolute Gasteiger partial charge is 0.448 e. The molecule has 1 atom stereocenters. The van der Waals surface area contributed by atoms with Gasteiger partial charge in [-0.3, -0.25) is 4.79 Å². The molecule has 0 unspecified atom stereocenters. The van der Waals surface area contributed by atoms with E-state index in [1.54, 1.807) is 17.7 Å². The van der Waals surface area contributed by atoms with Gasteiger partial charge in [0.1, 0.15) is 0 Å². The number of aromatic nitrogens is 2. The zero-order chi connectivity index (χ0) is 19.5. The third-order valence-corrected chi connectivity index (χ3v) is 4.57. The average molecular weight is 375 g/mol. The molecule has 4 rings (SSSR count). The minimum absolute atomic E-state index is 0.216. The van der Waals surface area contributed by atoms with Crippen LogP contribution in [0.25, 0.3) is 16.9 Å². The first-order valence-electron chi connectivity index (χ1n) is 9.34. The van der Waals surface area contributed by atoms with Gasteiger partial charge in [0, 0.05) is 11.6 Å². The summed E-state index contributed by atoms with van der Waals surface area (Å²) in [7, 11) is 0. The first kappa shape index (κ1) is 18.0. The van der Waals surface area contributed by atoms with Crippen molar-refractivity contribution in [2.75, 3.05) is 0 Å². The number of nitrogens with one attached hydrogen (secondary N) is 1. The smallest absolute Gasteiger partial charge is 0.357 e. The molecule has 2 aromatic carbocycles. The highest BCUT2D eigenvalue weighted by atomic mass is 16.5. The molecule has 1 N–H and O–H groups in total. The fourth-order valence-corrected chi connectivity index (χ4v) is 2.86. The standard InChI is InChI=1S/C22H21N3O3/c1-15(21(26)23-17-12-13-17)28-22(27)20-14-19(16-8-4-2-5-9-16)24-25(20)18-10-6-3-7-11-18/h2-11,14-15,17H,12-13H2,1H3,(H,23,26)/t15-/m1/s1. The maximum atomic E-state index is 12.8. The van der Waals surface area contributed by atoms with Crippen molar-refractivity contribution >= 4 is 11.9 Å². The zero-order valence-corrected chi connectivity index (χ0v) is 15.5. The van der Waals surface area contributed by atoms with Gasteiger partial charge in [0.2, 0.25) is 0 Å². The molecular weight excluding hydrogens is 354 g/mol. The molecule has 1 aliphatic carbocycles. The van der Waals surface area contributed by atoms with Gasteiger partial charge in [-0.2, -0.15) is 5.10 Å². The molecule has 142 valence electrons. The highest BCUT2D eigenvalue weighted by Gasteiger charge is 2.28. The number of esters is 1. The summed E-state index contributed by atoms with van der Waals surface area (Å²) >= 11 is 0. The Morgan fingerprint density at radius 3 is 2.36 bits per heavy atom. The molecular formula is C22H21N3O3. The van der Waals surface area contributed by atoms with Crippen LogP contribution in [0.3, 0.4) is 0 Å². The van der Waals surface area contributed by atoms with E-state index in [1.807, 2.05) is 60.7 Å². The van der Waals surface area contributed by atoms with Crippen LogP contribution in [0.15, 0.2) is 66.7 Å². The molecule has 6 heteroatoms. The second kappa shape index (κ2) is 7.68. The van der Waals surface area contributed by atoms with Gasteiger partial charge in [-0.15, -0.1) is 0 Å². The normalized spacial score (nSPS) is 14.3. The number of hydrogen-bond acceptors (Lipinski definition) is 4. The maximum absolute atomic E-state index is 12.8. The Labute approximate surface area is 163 Å². The summed E-state index contributed by atoms with van der Waals surface area (Å²) in [6.45, 7) is 1.58. The lowest BCUT2D eigenvalue weighted by atomic mass is 10.1. The van der Waals surface area contributed by atoms with Crippen LogP contribution in [-0.2, 0) is 9.53 Å². The van der Waals surface area contributed by atoms with E-state index in [0.717, 1.165) is 24.1 Å². The number of carbonyl (C=O) groups excluding carboxylic acids is 2. The number of carbonyl (C=O) groups is 2. The van der Waals surface area contributed by atoms with Crippen molar-refractivity contribution in [2.24, 2.45) is 0 Å². The van der Waals surface area contributed by atoms with Crippen molar-refractivity contribution in [3.05, 3.63) is 72.4 Å². The molecule has 0 spiro atoms. The van der Waals surface area contributed by atoms with E-state index < -0.39 is 12.1 Å². The lowest BCUT2D eigenvalue weighted by Crippen LogP contribution is -2.37. The van der Waals surface area contributed by atoms with E-state index in [4.69, 9.17) is 4.74 Å². The molecule has 0 radical (unpaired) electrons. The number of benzene rings is 2. The third kappa shape index (κ3) is 3.96. The summed E-state index contributed by atoms with van der Waals surface area (Å²) < 4.78 is 6.98. The quantitative estimate of drug-likeness (QED) is 0.671. The second-order valence-electron chi connectivity index (χ2n) is 6.86. The van der Waals surface area contributed by atoms with Crippen molar-refractivity contribution < 1.29 is 14.3 Å². The Hall–Kier alpha value is -3.41. The summed E-state index contributed by atoms with van der Waals surface area (Å²) in [6.07, 6.45) is 1.09. The van der Waals surface area contributed by atoms with Crippen LogP contribution >= 0.6 is 0 Å². The van der Waals surface area contributed by atoms with Crippen LogP contribution in [0.2, 0.25) is 0 Å². The number of hydrogen-bond donors (Lipinski definition) is 1. The summed E-state index contributed by atoms with van der Waals surface area (Å²) in [5.74, 6) is -0.859. The molecule has 0 bridgehead atoms. The van der Waals surface area contributed by atoms with Crippen molar-refractivity contribution in [3.63, 3.8) is 0 Å². The minimum atomic E-state index is -0.868.